The summed E-state index contributed by atoms with van der Waals surface area (Å²) in [5.74, 6) is 0. The number of nitrogens with one attached hydrogen (secondary N) is 1. The van der Waals surface area contributed by atoms with Crippen LogP contribution in [-0.2, 0) is 16.4 Å². The number of halogens is 1. The third-order valence-corrected chi connectivity index (χ3v) is 4.24. The van der Waals surface area contributed by atoms with Gasteiger partial charge >= 0.3 is 0 Å². The minimum atomic E-state index is -3.41. The lowest BCUT2D eigenvalue weighted by Gasteiger charge is -2.14. The average Bonchev–Trinajstić information content (AvgIpc) is 2.15. The normalized spacial score (nSPS) is 13.9. The van der Waals surface area contributed by atoms with Crippen LogP contribution in [0.2, 0.25) is 0 Å². The van der Waals surface area contributed by atoms with Crippen LogP contribution in [0.25, 0.3) is 0 Å². The first kappa shape index (κ1) is 14.7. The summed E-state index contributed by atoms with van der Waals surface area (Å²) in [6.07, 6.45) is 0.690. The van der Waals surface area contributed by atoms with E-state index in [4.69, 9.17) is 0 Å². The first-order chi connectivity index (χ1) is 7.83. The van der Waals surface area contributed by atoms with Gasteiger partial charge < -0.3 is 0 Å². The fourth-order valence-corrected chi connectivity index (χ4v) is 3.46. The number of hydrogen-bond donors (Lipinski definition) is 1. The summed E-state index contributed by atoms with van der Waals surface area (Å²) < 4.78 is 26.8. The Bertz CT molecular complexity index is 469. The molecule has 1 N–H and O–H groups in total. The Morgan fingerprint density at radius 3 is 2.35 bits per heavy atom. The predicted molar refractivity (Wildman–Crippen MR) is 74.0 cm³/mol. The van der Waals surface area contributed by atoms with Crippen molar-refractivity contribution in [3.05, 3.63) is 29.8 Å². The average molecular weight is 320 g/mol. The predicted octanol–water partition coefficient (Wildman–Crippen LogP) is 2.70. The van der Waals surface area contributed by atoms with Gasteiger partial charge in [-0.3, -0.25) is 0 Å². The van der Waals surface area contributed by atoms with E-state index in [1.165, 1.54) is 0 Å². The molecule has 5 heteroatoms. The number of alkyl halides is 1. The first-order valence-electron chi connectivity index (χ1n) is 5.57. The molecule has 1 unspecified atom stereocenters. The van der Waals surface area contributed by atoms with E-state index in [0.29, 0.717) is 11.3 Å². The van der Waals surface area contributed by atoms with Crippen LogP contribution in [0.15, 0.2) is 29.2 Å². The van der Waals surface area contributed by atoms with Gasteiger partial charge in [0, 0.05) is 10.9 Å². The van der Waals surface area contributed by atoms with E-state index in [1.54, 1.807) is 12.1 Å². The number of sulfonamides is 1. The van der Waals surface area contributed by atoms with Crippen molar-refractivity contribution >= 4 is 26.0 Å². The standard InChI is InChI=1S/C12H18BrNO2S/c1-9(2)14-17(15,16)12-7-5-4-6-11(12)8-10(3)13/h4-7,9-10,14H,8H2,1-3H3. The molecule has 0 spiro atoms. The molecule has 0 aliphatic rings. The molecule has 0 saturated carbocycles. The van der Waals surface area contributed by atoms with Crippen molar-refractivity contribution in [2.24, 2.45) is 0 Å². The zero-order chi connectivity index (χ0) is 13.1. The van der Waals surface area contributed by atoms with Crippen LogP contribution in [0, 0.1) is 0 Å². The van der Waals surface area contributed by atoms with E-state index in [1.807, 2.05) is 32.9 Å². The molecule has 0 aliphatic carbocycles. The van der Waals surface area contributed by atoms with Crippen LogP contribution >= 0.6 is 15.9 Å². The molecule has 0 aliphatic heterocycles. The summed E-state index contributed by atoms with van der Waals surface area (Å²) in [4.78, 5) is 0.623. The molecular weight excluding hydrogens is 302 g/mol. The second kappa shape index (κ2) is 5.98. The fraction of sp³-hybridized carbons (Fsp3) is 0.500. The quantitative estimate of drug-likeness (QED) is 0.848. The lowest BCUT2D eigenvalue weighted by molar-refractivity contribution is 0.568. The van der Waals surface area contributed by atoms with Gasteiger partial charge in [-0.05, 0) is 31.9 Å². The molecular formula is C12H18BrNO2S. The lowest BCUT2D eigenvalue weighted by atomic mass is 10.1. The smallest absolute Gasteiger partial charge is 0.209 e. The molecule has 0 saturated heterocycles. The maximum atomic E-state index is 12.1. The highest BCUT2D eigenvalue weighted by molar-refractivity contribution is 9.09. The molecule has 1 aromatic rings. The van der Waals surface area contributed by atoms with Gasteiger partial charge in [-0.25, -0.2) is 13.1 Å². The lowest BCUT2D eigenvalue weighted by Crippen LogP contribution is -2.31. The van der Waals surface area contributed by atoms with Crippen LogP contribution in [0.5, 0.6) is 0 Å². The van der Waals surface area contributed by atoms with E-state index in [-0.39, 0.29) is 10.9 Å². The van der Waals surface area contributed by atoms with Crippen LogP contribution in [0.4, 0.5) is 0 Å². The Balaban J connectivity index is 3.13. The van der Waals surface area contributed by atoms with Crippen molar-refractivity contribution in [1.29, 1.82) is 0 Å². The van der Waals surface area contributed by atoms with Crippen molar-refractivity contribution in [3.8, 4) is 0 Å². The third kappa shape index (κ3) is 4.41. The van der Waals surface area contributed by atoms with Crippen LogP contribution in [-0.4, -0.2) is 19.3 Å². The van der Waals surface area contributed by atoms with Gasteiger partial charge in [0.2, 0.25) is 10.0 Å². The molecule has 1 aromatic carbocycles. The Morgan fingerprint density at radius 2 is 1.82 bits per heavy atom. The molecule has 0 radical (unpaired) electrons. The van der Waals surface area contributed by atoms with E-state index in [2.05, 4.69) is 20.7 Å². The fourth-order valence-electron chi connectivity index (χ4n) is 1.61. The zero-order valence-electron chi connectivity index (χ0n) is 10.3. The molecule has 17 heavy (non-hydrogen) atoms. The Hall–Kier alpha value is -0.390. The maximum absolute atomic E-state index is 12.1. The van der Waals surface area contributed by atoms with Crippen molar-refractivity contribution in [2.45, 2.75) is 43.0 Å². The molecule has 3 nitrogen and oxygen atoms in total. The summed E-state index contributed by atoms with van der Waals surface area (Å²) in [5, 5.41) is 0. The third-order valence-electron chi connectivity index (χ3n) is 2.15. The molecule has 0 heterocycles. The van der Waals surface area contributed by atoms with Crippen molar-refractivity contribution in [2.75, 3.05) is 0 Å². The first-order valence-corrected chi connectivity index (χ1v) is 7.97. The second-order valence-corrected chi connectivity index (χ2v) is 7.61. The van der Waals surface area contributed by atoms with Crippen molar-refractivity contribution < 1.29 is 8.42 Å². The van der Waals surface area contributed by atoms with E-state index >= 15 is 0 Å². The van der Waals surface area contributed by atoms with Crippen molar-refractivity contribution in [3.63, 3.8) is 0 Å². The molecule has 0 bridgehead atoms. The minimum absolute atomic E-state index is 0.102. The van der Waals surface area contributed by atoms with Gasteiger partial charge in [0.1, 0.15) is 0 Å². The molecule has 1 atom stereocenters. The maximum Gasteiger partial charge on any atom is 0.241 e. The van der Waals surface area contributed by atoms with Crippen LogP contribution in [0.3, 0.4) is 0 Å². The molecule has 0 aromatic heterocycles. The molecule has 1 rings (SSSR count). The second-order valence-electron chi connectivity index (χ2n) is 4.37. The van der Waals surface area contributed by atoms with Gasteiger partial charge in [0.15, 0.2) is 0 Å². The summed E-state index contributed by atoms with van der Waals surface area (Å²) in [5.41, 5.74) is 0.838. The van der Waals surface area contributed by atoms with Crippen LogP contribution < -0.4 is 4.72 Å². The summed E-state index contributed by atoms with van der Waals surface area (Å²) in [7, 11) is -3.41. The molecule has 0 amide bonds. The van der Waals surface area contributed by atoms with Gasteiger partial charge in [-0.1, -0.05) is 41.1 Å². The van der Waals surface area contributed by atoms with Gasteiger partial charge in [0.25, 0.3) is 0 Å². The summed E-state index contributed by atoms with van der Waals surface area (Å²) in [6.45, 7) is 5.62. The van der Waals surface area contributed by atoms with Gasteiger partial charge in [0.05, 0.1) is 4.90 Å². The Morgan fingerprint density at radius 1 is 1.24 bits per heavy atom. The van der Waals surface area contributed by atoms with E-state index in [0.717, 1.165) is 5.56 Å². The Kier molecular flexibility index (Phi) is 5.16. The highest BCUT2D eigenvalue weighted by atomic mass is 79.9. The summed E-state index contributed by atoms with van der Waals surface area (Å²) in [6, 6.07) is 7.01. The monoisotopic (exact) mass is 319 g/mol. The minimum Gasteiger partial charge on any atom is -0.209 e. The Labute approximate surface area is 112 Å². The number of benzene rings is 1. The number of hydrogen-bond acceptors (Lipinski definition) is 2. The molecule has 0 fully saturated rings. The zero-order valence-corrected chi connectivity index (χ0v) is 12.7. The molecule has 96 valence electrons. The van der Waals surface area contributed by atoms with Crippen LogP contribution in [0.1, 0.15) is 26.3 Å². The van der Waals surface area contributed by atoms with Gasteiger partial charge in [-0.2, -0.15) is 0 Å². The van der Waals surface area contributed by atoms with Gasteiger partial charge in [-0.15, -0.1) is 0 Å². The largest absolute Gasteiger partial charge is 0.241 e. The van der Waals surface area contributed by atoms with E-state index in [9.17, 15) is 8.42 Å². The highest BCUT2D eigenvalue weighted by Gasteiger charge is 2.19. The summed E-state index contributed by atoms with van der Waals surface area (Å²) >= 11 is 3.45. The topological polar surface area (TPSA) is 46.2 Å². The SMILES string of the molecule is CC(Br)Cc1ccccc1S(=O)(=O)NC(C)C. The van der Waals surface area contributed by atoms with Crippen molar-refractivity contribution in [1.82, 2.24) is 4.72 Å². The highest BCUT2D eigenvalue weighted by Crippen LogP contribution is 2.19. The number of rotatable bonds is 5. The van der Waals surface area contributed by atoms with E-state index < -0.39 is 10.0 Å².